The van der Waals surface area contributed by atoms with Gasteiger partial charge in [0, 0.05) is 25.2 Å². The molecule has 0 aromatic carbocycles. The predicted molar refractivity (Wildman–Crippen MR) is 69.0 cm³/mol. The summed E-state index contributed by atoms with van der Waals surface area (Å²) >= 11 is 3.45. The van der Waals surface area contributed by atoms with Crippen LogP contribution in [0.5, 0.6) is 0 Å². The van der Waals surface area contributed by atoms with Gasteiger partial charge in [0.2, 0.25) is 0 Å². The normalized spacial score (nSPS) is 29.9. The van der Waals surface area contributed by atoms with Crippen molar-refractivity contribution in [3.05, 3.63) is 12.2 Å². The van der Waals surface area contributed by atoms with Crippen LogP contribution in [0.15, 0.2) is 12.2 Å². The average Bonchev–Trinajstić information content (AvgIpc) is 2.31. The fourth-order valence-corrected chi connectivity index (χ4v) is 2.94. The molecule has 0 radical (unpaired) electrons. The molecule has 0 aliphatic carbocycles. The SMILES string of the molecule is BrCCC=CC1CCOC2(CCOCC2)C1. The first-order valence-electron chi connectivity index (χ1n) is 6.29. The molecule has 16 heavy (non-hydrogen) atoms. The van der Waals surface area contributed by atoms with Gasteiger partial charge in [-0.2, -0.15) is 0 Å². The van der Waals surface area contributed by atoms with Gasteiger partial charge in [-0.25, -0.2) is 0 Å². The van der Waals surface area contributed by atoms with Gasteiger partial charge in [0.15, 0.2) is 0 Å². The standard InChI is InChI=1S/C13H21BrO2/c14-7-2-1-3-12-4-8-16-13(11-12)5-9-15-10-6-13/h1,3,12H,2,4-11H2. The van der Waals surface area contributed by atoms with Gasteiger partial charge in [-0.15, -0.1) is 0 Å². The minimum Gasteiger partial charge on any atom is -0.381 e. The maximum absolute atomic E-state index is 6.02. The zero-order valence-electron chi connectivity index (χ0n) is 9.79. The minimum absolute atomic E-state index is 0.139. The zero-order valence-corrected chi connectivity index (χ0v) is 11.4. The number of allylic oxidation sites excluding steroid dienone is 2. The molecule has 1 atom stereocenters. The molecule has 2 saturated heterocycles. The molecule has 2 heterocycles. The van der Waals surface area contributed by atoms with E-state index in [2.05, 4.69) is 28.1 Å². The minimum atomic E-state index is 0.139. The molecule has 0 saturated carbocycles. The fraction of sp³-hybridized carbons (Fsp3) is 0.846. The highest BCUT2D eigenvalue weighted by atomic mass is 79.9. The highest BCUT2D eigenvalue weighted by Gasteiger charge is 2.38. The lowest BCUT2D eigenvalue weighted by atomic mass is 9.80. The number of ether oxygens (including phenoxy) is 2. The van der Waals surface area contributed by atoms with Crippen LogP contribution >= 0.6 is 15.9 Å². The van der Waals surface area contributed by atoms with Crippen LogP contribution in [0.1, 0.15) is 32.1 Å². The van der Waals surface area contributed by atoms with Gasteiger partial charge in [0.05, 0.1) is 5.60 Å². The summed E-state index contributed by atoms with van der Waals surface area (Å²) in [5.41, 5.74) is 0.139. The molecule has 0 aromatic heterocycles. The summed E-state index contributed by atoms with van der Waals surface area (Å²) in [6.45, 7) is 2.67. The van der Waals surface area contributed by atoms with Crippen molar-refractivity contribution in [3.8, 4) is 0 Å². The lowest BCUT2D eigenvalue weighted by Gasteiger charge is -2.42. The lowest BCUT2D eigenvalue weighted by molar-refractivity contribution is -0.141. The van der Waals surface area contributed by atoms with E-state index >= 15 is 0 Å². The number of alkyl halides is 1. The van der Waals surface area contributed by atoms with E-state index in [1.165, 1.54) is 12.8 Å². The summed E-state index contributed by atoms with van der Waals surface area (Å²) in [4.78, 5) is 0. The second kappa shape index (κ2) is 6.18. The molecule has 1 unspecified atom stereocenters. The van der Waals surface area contributed by atoms with Crippen molar-refractivity contribution in [1.82, 2.24) is 0 Å². The van der Waals surface area contributed by atoms with Crippen molar-refractivity contribution in [2.45, 2.75) is 37.7 Å². The molecule has 0 N–H and O–H groups in total. The van der Waals surface area contributed by atoms with Crippen molar-refractivity contribution in [1.29, 1.82) is 0 Å². The van der Waals surface area contributed by atoms with Gasteiger partial charge in [-0.3, -0.25) is 0 Å². The Balaban J connectivity index is 1.87. The van der Waals surface area contributed by atoms with Crippen LogP contribution in [0.4, 0.5) is 0 Å². The summed E-state index contributed by atoms with van der Waals surface area (Å²) in [5, 5.41) is 1.06. The van der Waals surface area contributed by atoms with Gasteiger partial charge in [-0.05, 0) is 38.0 Å². The highest BCUT2D eigenvalue weighted by molar-refractivity contribution is 9.09. The van der Waals surface area contributed by atoms with Gasteiger partial charge in [0.25, 0.3) is 0 Å². The molecule has 3 heteroatoms. The van der Waals surface area contributed by atoms with E-state index in [0.29, 0.717) is 5.92 Å². The maximum Gasteiger partial charge on any atom is 0.0732 e. The number of halogens is 1. The zero-order chi connectivity index (χ0) is 11.3. The topological polar surface area (TPSA) is 18.5 Å². The Kier molecular flexibility index (Phi) is 4.86. The van der Waals surface area contributed by atoms with Crippen LogP contribution < -0.4 is 0 Å². The third kappa shape index (κ3) is 3.31. The Morgan fingerprint density at radius 2 is 2.06 bits per heavy atom. The van der Waals surface area contributed by atoms with E-state index in [1.54, 1.807) is 0 Å². The van der Waals surface area contributed by atoms with Crippen molar-refractivity contribution >= 4 is 15.9 Å². The first-order valence-corrected chi connectivity index (χ1v) is 7.41. The van der Waals surface area contributed by atoms with Crippen LogP contribution in [0, 0.1) is 5.92 Å². The summed E-state index contributed by atoms with van der Waals surface area (Å²) in [6.07, 6.45) is 10.4. The summed E-state index contributed by atoms with van der Waals surface area (Å²) in [6, 6.07) is 0. The van der Waals surface area contributed by atoms with Crippen LogP contribution in [-0.4, -0.2) is 30.8 Å². The number of hydrogen-bond acceptors (Lipinski definition) is 2. The molecule has 0 bridgehead atoms. The molecular weight excluding hydrogens is 268 g/mol. The molecule has 92 valence electrons. The van der Waals surface area contributed by atoms with E-state index in [9.17, 15) is 0 Å². The van der Waals surface area contributed by atoms with Crippen molar-refractivity contribution in [3.63, 3.8) is 0 Å². The summed E-state index contributed by atoms with van der Waals surface area (Å²) in [5.74, 6) is 0.714. The van der Waals surface area contributed by atoms with E-state index in [0.717, 1.165) is 44.4 Å². The van der Waals surface area contributed by atoms with E-state index < -0.39 is 0 Å². The van der Waals surface area contributed by atoms with Gasteiger partial charge < -0.3 is 9.47 Å². The third-order valence-corrected chi connectivity index (χ3v) is 4.08. The molecule has 2 nitrogen and oxygen atoms in total. The van der Waals surface area contributed by atoms with Crippen molar-refractivity contribution < 1.29 is 9.47 Å². The average molecular weight is 289 g/mol. The smallest absolute Gasteiger partial charge is 0.0732 e. The predicted octanol–water partition coefficient (Wildman–Crippen LogP) is 3.30. The molecular formula is C13H21BrO2. The molecule has 2 aliphatic heterocycles. The second-order valence-corrected chi connectivity index (χ2v) is 5.60. The number of hydrogen-bond donors (Lipinski definition) is 0. The summed E-state index contributed by atoms with van der Waals surface area (Å²) < 4.78 is 11.4. The monoisotopic (exact) mass is 288 g/mol. The first kappa shape index (κ1) is 12.6. The Bertz CT molecular complexity index is 229. The maximum atomic E-state index is 6.02. The van der Waals surface area contributed by atoms with Gasteiger partial charge >= 0.3 is 0 Å². The van der Waals surface area contributed by atoms with Crippen LogP contribution in [0.2, 0.25) is 0 Å². The Morgan fingerprint density at radius 3 is 2.81 bits per heavy atom. The van der Waals surface area contributed by atoms with E-state index in [4.69, 9.17) is 9.47 Å². The van der Waals surface area contributed by atoms with Crippen molar-refractivity contribution in [2.75, 3.05) is 25.2 Å². The second-order valence-electron chi connectivity index (χ2n) is 4.80. The van der Waals surface area contributed by atoms with Crippen molar-refractivity contribution in [2.24, 2.45) is 5.92 Å². The third-order valence-electron chi connectivity index (χ3n) is 3.62. The quantitative estimate of drug-likeness (QED) is 0.586. The highest BCUT2D eigenvalue weighted by Crippen LogP contribution is 2.37. The number of rotatable bonds is 3. The van der Waals surface area contributed by atoms with Crippen LogP contribution in [-0.2, 0) is 9.47 Å². The largest absolute Gasteiger partial charge is 0.381 e. The Morgan fingerprint density at radius 1 is 1.25 bits per heavy atom. The lowest BCUT2D eigenvalue weighted by Crippen LogP contribution is -2.44. The molecule has 2 aliphatic rings. The van der Waals surface area contributed by atoms with E-state index in [-0.39, 0.29) is 5.60 Å². The molecule has 2 fully saturated rings. The fourth-order valence-electron chi connectivity index (χ4n) is 2.67. The molecule has 1 spiro atoms. The van der Waals surface area contributed by atoms with Gasteiger partial charge in [-0.1, -0.05) is 28.1 Å². The molecule has 0 aromatic rings. The molecule has 2 rings (SSSR count). The van der Waals surface area contributed by atoms with E-state index in [1.807, 2.05) is 0 Å². The van der Waals surface area contributed by atoms with Gasteiger partial charge in [0.1, 0.15) is 0 Å². The molecule has 0 amide bonds. The summed E-state index contributed by atoms with van der Waals surface area (Å²) in [7, 11) is 0. The first-order chi connectivity index (χ1) is 7.85. The van der Waals surface area contributed by atoms with Crippen LogP contribution in [0.3, 0.4) is 0 Å². The Hall–Kier alpha value is 0.140. The Labute approximate surface area is 107 Å². The van der Waals surface area contributed by atoms with Crippen LogP contribution in [0.25, 0.3) is 0 Å².